The van der Waals surface area contributed by atoms with Gasteiger partial charge < -0.3 is 10.4 Å². The van der Waals surface area contributed by atoms with E-state index in [9.17, 15) is 4.39 Å². The molecular formula is C11H16FNO. The Labute approximate surface area is 83.8 Å². The van der Waals surface area contributed by atoms with E-state index < -0.39 is 5.54 Å². The molecule has 0 saturated carbocycles. The normalized spacial score (nSPS) is 15.1. The minimum absolute atomic E-state index is 0.0160. The quantitative estimate of drug-likeness (QED) is 0.763. The highest BCUT2D eigenvalue weighted by Crippen LogP contribution is 2.15. The summed E-state index contributed by atoms with van der Waals surface area (Å²) in [5.41, 5.74) is 0.167. The molecule has 0 saturated heterocycles. The third-order valence-electron chi connectivity index (χ3n) is 2.49. The van der Waals surface area contributed by atoms with E-state index in [2.05, 4.69) is 5.32 Å². The Kier molecular flexibility index (Phi) is 3.61. The highest BCUT2D eigenvalue weighted by molar-refractivity contribution is 5.19. The van der Waals surface area contributed by atoms with Crippen molar-refractivity contribution in [3.05, 3.63) is 35.6 Å². The molecule has 0 aliphatic rings. The van der Waals surface area contributed by atoms with E-state index in [4.69, 9.17) is 5.11 Å². The van der Waals surface area contributed by atoms with Gasteiger partial charge in [-0.15, -0.1) is 0 Å². The van der Waals surface area contributed by atoms with Gasteiger partial charge in [-0.1, -0.05) is 18.2 Å². The van der Waals surface area contributed by atoms with E-state index in [0.717, 1.165) is 0 Å². The fourth-order valence-corrected chi connectivity index (χ4v) is 1.29. The van der Waals surface area contributed by atoms with Gasteiger partial charge in [0.2, 0.25) is 0 Å². The van der Waals surface area contributed by atoms with Gasteiger partial charge in [0, 0.05) is 5.54 Å². The Morgan fingerprint density at radius 3 is 2.57 bits per heavy atom. The van der Waals surface area contributed by atoms with Crippen molar-refractivity contribution in [2.24, 2.45) is 0 Å². The molecule has 2 nitrogen and oxygen atoms in total. The molecule has 0 spiro atoms. The summed E-state index contributed by atoms with van der Waals surface area (Å²) in [5.74, 6) is -0.220. The van der Waals surface area contributed by atoms with E-state index in [1.54, 1.807) is 25.2 Å². The van der Waals surface area contributed by atoms with E-state index in [1.165, 1.54) is 6.07 Å². The molecule has 0 heterocycles. The van der Waals surface area contributed by atoms with Gasteiger partial charge in [-0.3, -0.25) is 0 Å². The van der Waals surface area contributed by atoms with Crippen molar-refractivity contribution in [3.63, 3.8) is 0 Å². The Morgan fingerprint density at radius 2 is 2.07 bits per heavy atom. The van der Waals surface area contributed by atoms with Crippen LogP contribution in [0.25, 0.3) is 0 Å². The average Bonchev–Trinajstić information content (AvgIpc) is 2.21. The summed E-state index contributed by atoms with van der Waals surface area (Å²) in [6.45, 7) is 1.84. The summed E-state index contributed by atoms with van der Waals surface area (Å²) >= 11 is 0. The molecule has 1 aromatic rings. The maximum atomic E-state index is 13.3. The number of hydrogen-bond donors (Lipinski definition) is 2. The Morgan fingerprint density at radius 1 is 1.43 bits per heavy atom. The predicted molar refractivity (Wildman–Crippen MR) is 54.7 cm³/mol. The van der Waals surface area contributed by atoms with Gasteiger partial charge in [0.05, 0.1) is 6.61 Å². The van der Waals surface area contributed by atoms with Gasteiger partial charge in [0.1, 0.15) is 5.82 Å². The molecule has 1 aromatic carbocycles. The second-order valence-corrected chi connectivity index (χ2v) is 3.74. The lowest BCUT2D eigenvalue weighted by Crippen LogP contribution is -2.45. The lowest BCUT2D eigenvalue weighted by atomic mass is 9.93. The van der Waals surface area contributed by atoms with Crippen LogP contribution in [0.4, 0.5) is 4.39 Å². The number of aliphatic hydroxyl groups is 1. The first kappa shape index (κ1) is 11.1. The molecule has 1 atom stereocenters. The summed E-state index contributed by atoms with van der Waals surface area (Å²) in [5, 5.41) is 12.1. The van der Waals surface area contributed by atoms with Gasteiger partial charge in [-0.2, -0.15) is 0 Å². The second kappa shape index (κ2) is 4.53. The topological polar surface area (TPSA) is 32.3 Å². The van der Waals surface area contributed by atoms with E-state index >= 15 is 0 Å². The maximum Gasteiger partial charge on any atom is 0.126 e. The number of nitrogens with one attached hydrogen (secondary N) is 1. The van der Waals surface area contributed by atoms with Crippen LogP contribution in [0.15, 0.2) is 24.3 Å². The summed E-state index contributed by atoms with van der Waals surface area (Å²) < 4.78 is 13.3. The summed E-state index contributed by atoms with van der Waals surface area (Å²) in [6.07, 6.45) is 0.479. The molecule has 1 unspecified atom stereocenters. The molecule has 0 aliphatic heterocycles. The van der Waals surface area contributed by atoms with Crippen molar-refractivity contribution in [1.29, 1.82) is 0 Å². The van der Waals surface area contributed by atoms with Crippen LogP contribution in [-0.4, -0.2) is 24.3 Å². The average molecular weight is 197 g/mol. The van der Waals surface area contributed by atoms with Crippen molar-refractivity contribution in [3.8, 4) is 0 Å². The third-order valence-corrected chi connectivity index (χ3v) is 2.49. The van der Waals surface area contributed by atoms with E-state index in [1.807, 2.05) is 6.92 Å². The van der Waals surface area contributed by atoms with Crippen molar-refractivity contribution in [1.82, 2.24) is 5.32 Å². The minimum Gasteiger partial charge on any atom is -0.394 e. The molecule has 0 radical (unpaired) electrons. The lowest BCUT2D eigenvalue weighted by Gasteiger charge is -2.26. The Hall–Kier alpha value is -0.930. The van der Waals surface area contributed by atoms with Crippen LogP contribution in [0.1, 0.15) is 12.5 Å². The molecule has 78 valence electrons. The maximum absolute atomic E-state index is 13.3. The molecule has 0 bridgehead atoms. The first-order valence-corrected chi connectivity index (χ1v) is 4.64. The smallest absolute Gasteiger partial charge is 0.126 e. The summed E-state index contributed by atoms with van der Waals surface area (Å²) in [7, 11) is 1.76. The number of likely N-dealkylation sites (N-methyl/N-ethyl adjacent to an activating group) is 1. The molecule has 3 heteroatoms. The predicted octanol–water partition coefficient (Wildman–Crippen LogP) is 1.34. The van der Waals surface area contributed by atoms with Crippen molar-refractivity contribution < 1.29 is 9.50 Å². The number of hydrogen-bond acceptors (Lipinski definition) is 2. The fraction of sp³-hybridized carbons (Fsp3) is 0.455. The van der Waals surface area contributed by atoms with E-state index in [-0.39, 0.29) is 12.4 Å². The SMILES string of the molecule is CNC(C)(CO)Cc1ccccc1F. The first-order valence-electron chi connectivity index (χ1n) is 4.64. The van der Waals surface area contributed by atoms with Crippen LogP contribution in [0.5, 0.6) is 0 Å². The first-order chi connectivity index (χ1) is 6.61. The molecule has 0 amide bonds. The number of halogens is 1. The second-order valence-electron chi connectivity index (χ2n) is 3.74. The molecular weight excluding hydrogens is 181 g/mol. The monoisotopic (exact) mass is 197 g/mol. The molecule has 0 fully saturated rings. The van der Waals surface area contributed by atoms with Crippen LogP contribution < -0.4 is 5.32 Å². The molecule has 14 heavy (non-hydrogen) atoms. The van der Waals surface area contributed by atoms with Crippen LogP contribution in [-0.2, 0) is 6.42 Å². The highest BCUT2D eigenvalue weighted by Gasteiger charge is 2.22. The molecule has 2 N–H and O–H groups in total. The van der Waals surface area contributed by atoms with Crippen LogP contribution in [0.3, 0.4) is 0 Å². The van der Waals surface area contributed by atoms with Gasteiger partial charge in [-0.05, 0) is 32.0 Å². The van der Waals surface area contributed by atoms with Crippen LogP contribution >= 0.6 is 0 Å². The van der Waals surface area contributed by atoms with Gasteiger partial charge >= 0.3 is 0 Å². The molecule has 1 rings (SSSR count). The third kappa shape index (κ3) is 2.53. The number of aliphatic hydroxyl groups excluding tert-OH is 1. The van der Waals surface area contributed by atoms with Gasteiger partial charge in [0.25, 0.3) is 0 Å². The van der Waals surface area contributed by atoms with Crippen molar-refractivity contribution >= 4 is 0 Å². The van der Waals surface area contributed by atoms with Crippen molar-refractivity contribution in [2.75, 3.05) is 13.7 Å². The van der Waals surface area contributed by atoms with E-state index in [0.29, 0.717) is 12.0 Å². The van der Waals surface area contributed by atoms with Crippen molar-refractivity contribution in [2.45, 2.75) is 18.9 Å². The fourth-order valence-electron chi connectivity index (χ4n) is 1.29. The largest absolute Gasteiger partial charge is 0.394 e. The number of benzene rings is 1. The highest BCUT2D eigenvalue weighted by atomic mass is 19.1. The minimum atomic E-state index is -0.456. The summed E-state index contributed by atoms with van der Waals surface area (Å²) in [6, 6.07) is 6.63. The van der Waals surface area contributed by atoms with Gasteiger partial charge in [-0.25, -0.2) is 4.39 Å². The molecule has 0 aromatic heterocycles. The lowest BCUT2D eigenvalue weighted by molar-refractivity contribution is 0.181. The Balaban J connectivity index is 2.82. The van der Waals surface area contributed by atoms with Crippen LogP contribution in [0, 0.1) is 5.82 Å². The number of rotatable bonds is 4. The zero-order chi connectivity index (χ0) is 10.6. The Bertz CT molecular complexity index is 297. The standard InChI is InChI=1S/C11H16FNO/c1-11(8-14,13-2)7-9-5-3-4-6-10(9)12/h3-6,13-14H,7-8H2,1-2H3. The summed E-state index contributed by atoms with van der Waals surface area (Å²) in [4.78, 5) is 0. The van der Waals surface area contributed by atoms with Gasteiger partial charge in [0.15, 0.2) is 0 Å². The van der Waals surface area contributed by atoms with Crippen LogP contribution in [0.2, 0.25) is 0 Å². The zero-order valence-corrected chi connectivity index (χ0v) is 8.55. The molecule has 0 aliphatic carbocycles. The zero-order valence-electron chi connectivity index (χ0n) is 8.55.